The molecule has 3 N–H and O–H groups in total. The lowest BCUT2D eigenvalue weighted by atomic mass is 10.1. The van der Waals surface area contributed by atoms with Gasteiger partial charge in [-0.2, -0.15) is 0 Å². The lowest BCUT2D eigenvalue weighted by Crippen LogP contribution is -2.14. The molecule has 0 spiro atoms. The van der Waals surface area contributed by atoms with Gasteiger partial charge in [0.2, 0.25) is 0 Å². The van der Waals surface area contributed by atoms with Crippen molar-refractivity contribution in [3.63, 3.8) is 0 Å². The standard InChI is InChI=1S/C11H16N2OS/c1-13-11-9(10(12)14)7-5-3-2-4-6-8(7)15-11/h13H,2-6H2,1H3,(H2,12,14). The molecular weight excluding hydrogens is 208 g/mol. The number of carbonyl (C=O) groups excluding carboxylic acids is 1. The lowest BCUT2D eigenvalue weighted by Gasteiger charge is -2.02. The molecule has 0 unspecified atom stereocenters. The third-order valence-electron chi connectivity index (χ3n) is 2.89. The fourth-order valence-corrected chi connectivity index (χ4v) is 3.43. The Bertz CT molecular complexity index is 384. The number of amides is 1. The van der Waals surface area contributed by atoms with Gasteiger partial charge in [0.25, 0.3) is 5.91 Å². The average molecular weight is 224 g/mol. The minimum absolute atomic E-state index is 0.293. The van der Waals surface area contributed by atoms with Crippen LogP contribution in [0.15, 0.2) is 0 Å². The van der Waals surface area contributed by atoms with Crippen LogP contribution in [-0.4, -0.2) is 13.0 Å². The molecule has 0 aliphatic heterocycles. The van der Waals surface area contributed by atoms with Crippen LogP contribution in [0.4, 0.5) is 5.00 Å². The van der Waals surface area contributed by atoms with E-state index in [1.807, 2.05) is 7.05 Å². The van der Waals surface area contributed by atoms with Gasteiger partial charge in [0, 0.05) is 11.9 Å². The fourth-order valence-electron chi connectivity index (χ4n) is 2.18. The molecule has 1 amide bonds. The van der Waals surface area contributed by atoms with Crippen LogP contribution < -0.4 is 11.1 Å². The normalized spacial score (nSPS) is 15.5. The van der Waals surface area contributed by atoms with E-state index in [0.717, 1.165) is 23.4 Å². The molecule has 1 aromatic rings. The van der Waals surface area contributed by atoms with Crippen molar-refractivity contribution in [3.05, 3.63) is 16.0 Å². The number of rotatable bonds is 2. The van der Waals surface area contributed by atoms with Crippen molar-refractivity contribution in [2.24, 2.45) is 5.73 Å². The summed E-state index contributed by atoms with van der Waals surface area (Å²) in [6, 6.07) is 0. The molecular formula is C11H16N2OS. The molecule has 3 nitrogen and oxygen atoms in total. The highest BCUT2D eigenvalue weighted by atomic mass is 32.1. The second-order valence-electron chi connectivity index (χ2n) is 3.88. The first-order valence-electron chi connectivity index (χ1n) is 5.36. The number of hydrogen-bond acceptors (Lipinski definition) is 3. The minimum Gasteiger partial charge on any atom is -0.379 e. The molecule has 0 fully saturated rings. The molecule has 1 aromatic heterocycles. The van der Waals surface area contributed by atoms with Gasteiger partial charge < -0.3 is 11.1 Å². The van der Waals surface area contributed by atoms with Crippen molar-refractivity contribution in [2.45, 2.75) is 32.1 Å². The molecule has 1 heterocycles. The van der Waals surface area contributed by atoms with Crippen LogP contribution in [0.1, 0.15) is 40.1 Å². The minimum atomic E-state index is -0.293. The van der Waals surface area contributed by atoms with Crippen molar-refractivity contribution in [3.8, 4) is 0 Å². The quantitative estimate of drug-likeness (QED) is 0.756. The van der Waals surface area contributed by atoms with Crippen molar-refractivity contribution in [1.82, 2.24) is 0 Å². The molecule has 15 heavy (non-hydrogen) atoms. The molecule has 4 heteroatoms. The monoisotopic (exact) mass is 224 g/mol. The number of aryl methyl sites for hydroxylation is 1. The summed E-state index contributed by atoms with van der Waals surface area (Å²) in [4.78, 5) is 12.8. The summed E-state index contributed by atoms with van der Waals surface area (Å²) >= 11 is 1.69. The van der Waals surface area contributed by atoms with E-state index in [9.17, 15) is 4.79 Å². The van der Waals surface area contributed by atoms with E-state index in [4.69, 9.17) is 5.73 Å². The zero-order valence-corrected chi connectivity index (χ0v) is 9.75. The van der Waals surface area contributed by atoms with E-state index in [0.29, 0.717) is 0 Å². The number of primary amides is 1. The third-order valence-corrected chi connectivity index (χ3v) is 4.20. The van der Waals surface area contributed by atoms with Crippen LogP contribution in [0.5, 0.6) is 0 Å². The van der Waals surface area contributed by atoms with E-state index >= 15 is 0 Å². The van der Waals surface area contributed by atoms with Gasteiger partial charge in [0.05, 0.1) is 5.56 Å². The number of anilines is 1. The number of thiophene rings is 1. The molecule has 2 rings (SSSR count). The summed E-state index contributed by atoms with van der Waals surface area (Å²) in [6.07, 6.45) is 5.77. The van der Waals surface area contributed by atoms with E-state index in [-0.39, 0.29) is 5.91 Å². The van der Waals surface area contributed by atoms with Gasteiger partial charge in [-0.25, -0.2) is 0 Å². The second-order valence-corrected chi connectivity index (χ2v) is 4.99. The topological polar surface area (TPSA) is 55.1 Å². The van der Waals surface area contributed by atoms with Crippen molar-refractivity contribution >= 4 is 22.2 Å². The van der Waals surface area contributed by atoms with Crippen LogP contribution in [-0.2, 0) is 12.8 Å². The Labute approximate surface area is 93.7 Å². The van der Waals surface area contributed by atoms with E-state index in [1.165, 1.54) is 29.7 Å². The number of nitrogens with one attached hydrogen (secondary N) is 1. The van der Waals surface area contributed by atoms with Gasteiger partial charge in [-0.15, -0.1) is 11.3 Å². The maximum Gasteiger partial charge on any atom is 0.251 e. The largest absolute Gasteiger partial charge is 0.379 e. The van der Waals surface area contributed by atoms with Crippen LogP contribution in [0.25, 0.3) is 0 Å². The maximum absolute atomic E-state index is 11.4. The molecule has 82 valence electrons. The van der Waals surface area contributed by atoms with Crippen LogP contribution in [0.2, 0.25) is 0 Å². The molecule has 0 saturated carbocycles. The van der Waals surface area contributed by atoms with Gasteiger partial charge in [0.15, 0.2) is 0 Å². The molecule has 0 atom stereocenters. The Hall–Kier alpha value is -1.03. The summed E-state index contributed by atoms with van der Waals surface area (Å²) in [5, 5.41) is 4.01. The summed E-state index contributed by atoms with van der Waals surface area (Å²) in [7, 11) is 1.84. The third kappa shape index (κ3) is 1.86. The van der Waals surface area contributed by atoms with E-state index in [1.54, 1.807) is 11.3 Å². The average Bonchev–Trinajstić information content (AvgIpc) is 2.42. The first-order chi connectivity index (χ1) is 7.24. The Morgan fingerprint density at radius 1 is 1.33 bits per heavy atom. The first-order valence-corrected chi connectivity index (χ1v) is 6.17. The smallest absolute Gasteiger partial charge is 0.251 e. The van der Waals surface area contributed by atoms with Gasteiger partial charge in [-0.05, 0) is 31.2 Å². The first kappa shape index (κ1) is 10.5. The summed E-state index contributed by atoms with van der Waals surface area (Å²) in [6.45, 7) is 0. The summed E-state index contributed by atoms with van der Waals surface area (Å²) in [5.74, 6) is -0.293. The zero-order chi connectivity index (χ0) is 10.8. The molecule has 0 saturated heterocycles. The van der Waals surface area contributed by atoms with Crippen molar-refractivity contribution < 1.29 is 4.79 Å². The molecule has 1 aliphatic rings. The van der Waals surface area contributed by atoms with Gasteiger partial charge in [-0.1, -0.05) is 6.42 Å². The predicted octanol–water partition coefficient (Wildman–Crippen LogP) is 2.16. The predicted molar refractivity (Wildman–Crippen MR) is 63.6 cm³/mol. The van der Waals surface area contributed by atoms with Crippen LogP contribution in [0.3, 0.4) is 0 Å². The van der Waals surface area contributed by atoms with Crippen LogP contribution >= 0.6 is 11.3 Å². The van der Waals surface area contributed by atoms with Crippen LogP contribution in [0, 0.1) is 0 Å². The van der Waals surface area contributed by atoms with E-state index < -0.39 is 0 Å². The Kier molecular flexibility index (Phi) is 2.95. The highest BCUT2D eigenvalue weighted by Crippen LogP contribution is 2.36. The fraction of sp³-hybridized carbons (Fsp3) is 0.545. The molecule has 0 aromatic carbocycles. The molecule has 0 bridgehead atoms. The van der Waals surface area contributed by atoms with Gasteiger partial charge >= 0.3 is 0 Å². The highest BCUT2D eigenvalue weighted by molar-refractivity contribution is 7.16. The van der Waals surface area contributed by atoms with Gasteiger partial charge in [-0.3, -0.25) is 4.79 Å². The number of fused-ring (bicyclic) bond motifs is 1. The number of carbonyl (C=O) groups is 1. The SMILES string of the molecule is CNc1sc2c(c1C(N)=O)CCCCC2. The highest BCUT2D eigenvalue weighted by Gasteiger charge is 2.22. The van der Waals surface area contributed by atoms with Gasteiger partial charge in [0.1, 0.15) is 5.00 Å². The Morgan fingerprint density at radius 3 is 2.73 bits per heavy atom. The number of hydrogen-bond donors (Lipinski definition) is 2. The van der Waals surface area contributed by atoms with E-state index in [2.05, 4.69) is 5.32 Å². The Morgan fingerprint density at radius 2 is 2.07 bits per heavy atom. The molecule has 0 radical (unpaired) electrons. The van der Waals surface area contributed by atoms with Crippen molar-refractivity contribution in [1.29, 1.82) is 0 Å². The second kappa shape index (κ2) is 4.23. The lowest BCUT2D eigenvalue weighted by molar-refractivity contribution is 0.100. The maximum atomic E-state index is 11.4. The Balaban J connectivity index is 2.49. The summed E-state index contributed by atoms with van der Waals surface area (Å²) in [5.41, 5.74) is 7.38. The zero-order valence-electron chi connectivity index (χ0n) is 8.93. The van der Waals surface area contributed by atoms with Crippen molar-refractivity contribution in [2.75, 3.05) is 12.4 Å². The molecule has 1 aliphatic carbocycles. The summed E-state index contributed by atoms with van der Waals surface area (Å²) < 4.78 is 0. The number of nitrogens with two attached hydrogens (primary N) is 1.